The first-order valence-electron chi connectivity index (χ1n) is 4.11. The van der Waals surface area contributed by atoms with Crippen LogP contribution < -0.4 is 5.43 Å². The fourth-order valence-electron chi connectivity index (χ4n) is 0.903. The van der Waals surface area contributed by atoms with Gasteiger partial charge in [-0.1, -0.05) is 6.58 Å². The topological polar surface area (TPSA) is 28.2 Å². The molecule has 74 valence electrons. The van der Waals surface area contributed by atoms with Crippen LogP contribution in [-0.2, 0) is 0 Å². The molecule has 1 rings (SSSR count). The second-order valence-electron chi connectivity index (χ2n) is 2.68. The van der Waals surface area contributed by atoms with E-state index >= 15 is 0 Å². The van der Waals surface area contributed by atoms with E-state index in [2.05, 4.69) is 17.0 Å². The van der Waals surface area contributed by atoms with Crippen molar-refractivity contribution in [1.29, 1.82) is 0 Å². The maximum atomic E-state index is 12.7. The van der Waals surface area contributed by atoms with Crippen LogP contribution in [0.1, 0.15) is 0 Å². The molecule has 0 aliphatic rings. The molecule has 0 saturated heterocycles. The van der Waals surface area contributed by atoms with Crippen LogP contribution in [0.15, 0.2) is 49.2 Å². The highest BCUT2D eigenvalue weighted by atomic mass is 19.1. The molecule has 0 aliphatic heterocycles. The maximum Gasteiger partial charge on any atom is 0.140 e. The Morgan fingerprint density at radius 1 is 1.71 bits per heavy atom. The molecule has 0 saturated carbocycles. The Bertz CT molecular complexity index is 321. The number of hydrazine groups is 1. The molecule has 4 heteroatoms. The molecule has 0 unspecified atom stereocenters. The number of anilines is 1. The van der Waals surface area contributed by atoms with Crippen LogP contribution >= 0.6 is 0 Å². The van der Waals surface area contributed by atoms with Gasteiger partial charge in [0.25, 0.3) is 0 Å². The summed E-state index contributed by atoms with van der Waals surface area (Å²) in [5.74, 6) is -0.399. The zero-order chi connectivity index (χ0) is 10.4. The van der Waals surface area contributed by atoms with E-state index in [1.54, 1.807) is 25.5 Å². The number of nitrogens with zero attached hydrogens (tertiary/aromatic N) is 2. The van der Waals surface area contributed by atoms with Crippen molar-refractivity contribution < 1.29 is 4.39 Å². The van der Waals surface area contributed by atoms with Gasteiger partial charge < -0.3 is 0 Å². The summed E-state index contributed by atoms with van der Waals surface area (Å²) in [6.45, 7) is 3.31. The molecule has 0 spiro atoms. The Labute approximate surface area is 82.5 Å². The summed E-state index contributed by atoms with van der Waals surface area (Å²) in [5.41, 5.74) is 3.71. The van der Waals surface area contributed by atoms with Gasteiger partial charge in [-0.15, -0.1) is 0 Å². The number of nitrogens with one attached hydrogen (secondary N) is 1. The molecule has 0 aliphatic carbocycles. The van der Waals surface area contributed by atoms with E-state index in [1.807, 2.05) is 6.07 Å². The minimum Gasteiger partial charge on any atom is -0.298 e. The average Bonchev–Trinajstić information content (AvgIpc) is 2.19. The molecule has 0 radical (unpaired) electrons. The van der Waals surface area contributed by atoms with E-state index in [0.29, 0.717) is 0 Å². The molecule has 14 heavy (non-hydrogen) atoms. The summed E-state index contributed by atoms with van der Waals surface area (Å²) < 4.78 is 12.7. The van der Waals surface area contributed by atoms with Gasteiger partial charge in [0.1, 0.15) is 5.83 Å². The second-order valence-corrected chi connectivity index (χ2v) is 2.68. The lowest BCUT2D eigenvalue weighted by Gasteiger charge is -2.16. The Hall–Kier alpha value is -1.84. The van der Waals surface area contributed by atoms with Crippen LogP contribution in [0.5, 0.6) is 0 Å². The van der Waals surface area contributed by atoms with E-state index in [0.717, 1.165) is 11.8 Å². The SMILES string of the molecule is C=C/C(F)=C\N(C)Nc1cccnc1. The van der Waals surface area contributed by atoms with E-state index in [-0.39, 0.29) is 0 Å². The quantitative estimate of drug-likeness (QED) is 0.587. The van der Waals surface area contributed by atoms with Gasteiger partial charge in [0.05, 0.1) is 18.1 Å². The average molecular weight is 193 g/mol. The van der Waals surface area contributed by atoms with Gasteiger partial charge in [-0.05, 0) is 18.2 Å². The van der Waals surface area contributed by atoms with Crippen LogP contribution in [0.2, 0.25) is 0 Å². The minimum absolute atomic E-state index is 0.399. The fourth-order valence-corrected chi connectivity index (χ4v) is 0.903. The third kappa shape index (κ3) is 3.26. The molecule has 0 atom stereocenters. The molecule has 0 amide bonds. The smallest absolute Gasteiger partial charge is 0.140 e. The van der Waals surface area contributed by atoms with Crippen molar-refractivity contribution in [3.63, 3.8) is 0 Å². The van der Waals surface area contributed by atoms with Crippen LogP contribution in [0.3, 0.4) is 0 Å². The zero-order valence-electron chi connectivity index (χ0n) is 7.94. The van der Waals surface area contributed by atoms with E-state index in [1.165, 1.54) is 11.2 Å². The van der Waals surface area contributed by atoms with Gasteiger partial charge >= 0.3 is 0 Å². The Morgan fingerprint density at radius 2 is 2.50 bits per heavy atom. The van der Waals surface area contributed by atoms with Crippen LogP contribution in [0.25, 0.3) is 0 Å². The van der Waals surface area contributed by atoms with Gasteiger partial charge in [0.2, 0.25) is 0 Å². The fraction of sp³-hybridized carbons (Fsp3) is 0.100. The van der Waals surface area contributed by atoms with E-state index in [4.69, 9.17) is 0 Å². The highest BCUT2D eigenvalue weighted by molar-refractivity contribution is 5.38. The number of rotatable bonds is 4. The predicted molar refractivity (Wildman–Crippen MR) is 55.0 cm³/mol. The first-order chi connectivity index (χ1) is 6.72. The molecule has 1 N–H and O–H groups in total. The molecule has 1 aromatic heterocycles. The van der Waals surface area contributed by atoms with Crippen LogP contribution in [0.4, 0.5) is 10.1 Å². The summed E-state index contributed by atoms with van der Waals surface area (Å²) in [5, 5.41) is 1.49. The van der Waals surface area contributed by atoms with Gasteiger partial charge in [0.15, 0.2) is 0 Å². The minimum atomic E-state index is -0.399. The third-order valence-electron chi connectivity index (χ3n) is 1.48. The van der Waals surface area contributed by atoms with Crippen molar-refractivity contribution in [3.8, 4) is 0 Å². The highest BCUT2D eigenvalue weighted by Crippen LogP contribution is 2.05. The molecular weight excluding hydrogens is 181 g/mol. The summed E-state index contributed by atoms with van der Waals surface area (Å²) >= 11 is 0. The third-order valence-corrected chi connectivity index (χ3v) is 1.48. The van der Waals surface area contributed by atoms with E-state index in [9.17, 15) is 4.39 Å². The number of allylic oxidation sites excluding steroid dienone is 2. The second kappa shape index (κ2) is 5.01. The summed E-state index contributed by atoms with van der Waals surface area (Å²) in [6, 6.07) is 3.63. The number of hydrogen-bond donors (Lipinski definition) is 1. The lowest BCUT2D eigenvalue weighted by atomic mass is 10.4. The lowest BCUT2D eigenvalue weighted by molar-refractivity contribution is 0.520. The van der Waals surface area contributed by atoms with E-state index < -0.39 is 5.83 Å². The molecular formula is C10H12FN3. The van der Waals surface area contributed by atoms with Crippen molar-refractivity contribution in [1.82, 2.24) is 9.99 Å². The van der Waals surface area contributed by atoms with Crippen LogP contribution in [-0.4, -0.2) is 17.0 Å². The molecule has 1 heterocycles. The summed E-state index contributed by atoms with van der Waals surface area (Å²) in [7, 11) is 1.69. The van der Waals surface area contributed by atoms with Crippen molar-refractivity contribution in [3.05, 3.63) is 49.2 Å². The largest absolute Gasteiger partial charge is 0.298 e. The first-order valence-corrected chi connectivity index (χ1v) is 4.11. The number of halogens is 1. The van der Waals surface area contributed by atoms with Crippen LogP contribution in [0, 0.1) is 0 Å². The lowest BCUT2D eigenvalue weighted by Crippen LogP contribution is -2.19. The van der Waals surface area contributed by atoms with Gasteiger partial charge in [-0.2, -0.15) is 0 Å². The first kappa shape index (κ1) is 10.2. The Balaban J connectivity index is 2.58. The summed E-state index contributed by atoms with van der Waals surface area (Å²) in [4.78, 5) is 3.91. The molecule has 0 aromatic carbocycles. The predicted octanol–water partition coefficient (Wildman–Crippen LogP) is 2.34. The van der Waals surface area contributed by atoms with Crippen molar-refractivity contribution in [2.45, 2.75) is 0 Å². The standard InChI is InChI=1S/C10H12FN3/c1-3-9(11)8-14(2)13-10-5-4-6-12-7-10/h3-8,13H,1H2,2H3/b9-8+. The molecule has 1 aromatic rings. The van der Waals surface area contributed by atoms with Crippen molar-refractivity contribution in [2.75, 3.05) is 12.5 Å². The molecule has 0 bridgehead atoms. The number of hydrogen-bond acceptors (Lipinski definition) is 3. The van der Waals surface area contributed by atoms with Crippen molar-refractivity contribution >= 4 is 5.69 Å². The van der Waals surface area contributed by atoms with Gasteiger partial charge in [0, 0.05) is 13.2 Å². The monoisotopic (exact) mass is 193 g/mol. The zero-order valence-corrected chi connectivity index (χ0v) is 7.94. The van der Waals surface area contributed by atoms with Gasteiger partial charge in [-0.3, -0.25) is 15.4 Å². The highest BCUT2D eigenvalue weighted by Gasteiger charge is 1.94. The van der Waals surface area contributed by atoms with Gasteiger partial charge in [-0.25, -0.2) is 4.39 Å². The number of pyridine rings is 1. The molecule has 0 fully saturated rings. The maximum absolute atomic E-state index is 12.7. The Kier molecular flexibility index (Phi) is 3.67. The Morgan fingerprint density at radius 3 is 3.07 bits per heavy atom. The van der Waals surface area contributed by atoms with Crippen molar-refractivity contribution in [2.24, 2.45) is 0 Å². The summed E-state index contributed by atoms with van der Waals surface area (Å²) in [6.07, 6.45) is 5.75. The number of aromatic nitrogens is 1. The normalized spacial score (nSPS) is 10.9. The molecule has 3 nitrogen and oxygen atoms in total.